The van der Waals surface area contributed by atoms with E-state index in [9.17, 15) is 13.6 Å². The van der Waals surface area contributed by atoms with Crippen LogP contribution in [0.4, 0.5) is 8.78 Å². The van der Waals surface area contributed by atoms with E-state index in [1.165, 1.54) is 12.1 Å². The molecule has 0 atom stereocenters. The van der Waals surface area contributed by atoms with Crippen molar-refractivity contribution >= 4 is 5.91 Å². The Morgan fingerprint density at radius 3 is 2.59 bits per heavy atom. The van der Waals surface area contributed by atoms with Gasteiger partial charge in [-0.1, -0.05) is 24.3 Å². The Morgan fingerprint density at radius 1 is 1.09 bits per heavy atom. The lowest BCUT2D eigenvalue weighted by Gasteiger charge is -2.32. The van der Waals surface area contributed by atoms with Crippen LogP contribution in [0.3, 0.4) is 0 Å². The maximum Gasteiger partial charge on any atom is 0.253 e. The first-order valence-electron chi connectivity index (χ1n) is 11.5. The minimum Gasteiger partial charge on any atom is -0.496 e. The normalized spacial score (nSPS) is 14.7. The van der Waals surface area contributed by atoms with Crippen LogP contribution < -0.4 is 10.1 Å². The molecular weight excluding hydrogens is 436 g/mol. The third-order valence-corrected chi connectivity index (χ3v) is 6.32. The number of para-hydroxylation sites is 1. The molecule has 0 unspecified atom stereocenters. The highest BCUT2D eigenvalue weighted by Crippen LogP contribution is 2.30. The van der Waals surface area contributed by atoms with Crippen molar-refractivity contribution in [2.75, 3.05) is 20.2 Å². The van der Waals surface area contributed by atoms with E-state index < -0.39 is 11.6 Å². The van der Waals surface area contributed by atoms with Crippen molar-refractivity contribution in [3.63, 3.8) is 0 Å². The van der Waals surface area contributed by atoms with Gasteiger partial charge in [-0.05, 0) is 57.1 Å². The summed E-state index contributed by atoms with van der Waals surface area (Å²) >= 11 is 0. The molecule has 1 fully saturated rings. The van der Waals surface area contributed by atoms with Gasteiger partial charge in [0, 0.05) is 41.9 Å². The number of piperidine rings is 1. The third-order valence-electron chi connectivity index (χ3n) is 6.32. The molecule has 1 aliphatic heterocycles. The van der Waals surface area contributed by atoms with Crippen LogP contribution in [0.5, 0.6) is 5.75 Å². The predicted octanol–water partition coefficient (Wildman–Crippen LogP) is 4.99. The SMILES string of the molecule is COc1ccccc1CNC(=O)c1ccc(C)nc1C1CCN(Cc2ccc(F)cc2F)CC1. The van der Waals surface area contributed by atoms with E-state index >= 15 is 0 Å². The number of nitrogens with zero attached hydrogens (tertiary/aromatic N) is 2. The molecule has 2 heterocycles. The smallest absolute Gasteiger partial charge is 0.253 e. The minimum atomic E-state index is -0.568. The number of halogens is 2. The lowest BCUT2D eigenvalue weighted by Crippen LogP contribution is -2.34. The second-order valence-electron chi connectivity index (χ2n) is 8.67. The Hall–Kier alpha value is -3.32. The monoisotopic (exact) mass is 465 g/mol. The first kappa shape index (κ1) is 23.8. The number of likely N-dealkylation sites (tertiary alicyclic amines) is 1. The molecule has 7 heteroatoms. The van der Waals surface area contributed by atoms with Gasteiger partial charge in [0.05, 0.1) is 18.4 Å². The van der Waals surface area contributed by atoms with Crippen LogP contribution in [0, 0.1) is 18.6 Å². The number of carbonyl (C=O) groups excluding carboxylic acids is 1. The summed E-state index contributed by atoms with van der Waals surface area (Å²) in [4.78, 5) is 20.0. The number of hydrogen-bond acceptors (Lipinski definition) is 4. The van der Waals surface area contributed by atoms with E-state index in [-0.39, 0.29) is 11.8 Å². The number of hydrogen-bond donors (Lipinski definition) is 1. The summed E-state index contributed by atoms with van der Waals surface area (Å²) in [5.41, 5.74) is 3.66. The highest BCUT2D eigenvalue weighted by molar-refractivity contribution is 5.95. The molecule has 3 aromatic rings. The van der Waals surface area contributed by atoms with E-state index in [1.54, 1.807) is 7.11 Å². The lowest BCUT2D eigenvalue weighted by atomic mass is 9.89. The highest BCUT2D eigenvalue weighted by atomic mass is 19.1. The molecule has 5 nitrogen and oxygen atoms in total. The summed E-state index contributed by atoms with van der Waals surface area (Å²) in [5, 5.41) is 3.00. The molecule has 34 heavy (non-hydrogen) atoms. The van der Waals surface area contributed by atoms with Crippen molar-refractivity contribution in [3.05, 3.63) is 94.3 Å². The van der Waals surface area contributed by atoms with Gasteiger partial charge in [0.15, 0.2) is 0 Å². The molecule has 1 saturated heterocycles. The van der Waals surface area contributed by atoms with E-state index in [0.717, 1.165) is 54.7 Å². The van der Waals surface area contributed by atoms with Crippen LogP contribution in [-0.2, 0) is 13.1 Å². The van der Waals surface area contributed by atoms with Crippen LogP contribution >= 0.6 is 0 Å². The number of methoxy groups -OCH3 is 1. The summed E-state index contributed by atoms with van der Waals surface area (Å²) in [6, 6.07) is 15.0. The molecule has 1 aromatic heterocycles. The molecule has 4 rings (SSSR count). The second-order valence-corrected chi connectivity index (χ2v) is 8.67. The molecule has 0 aliphatic carbocycles. The first-order valence-corrected chi connectivity index (χ1v) is 11.5. The van der Waals surface area contributed by atoms with Gasteiger partial charge >= 0.3 is 0 Å². The molecule has 0 bridgehead atoms. The number of pyridine rings is 1. The summed E-state index contributed by atoms with van der Waals surface area (Å²) in [6.07, 6.45) is 1.62. The summed E-state index contributed by atoms with van der Waals surface area (Å²) in [7, 11) is 1.61. The number of aromatic nitrogens is 1. The number of rotatable bonds is 7. The standard InChI is InChI=1S/C27H29F2N3O2/c1-18-7-10-23(27(33)30-16-20-5-3-4-6-25(20)34-2)26(31-18)19-11-13-32(14-12-19)17-21-8-9-22(28)15-24(21)29/h3-10,15,19H,11-14,16-17H2,1-2H3,(H,30,33). The Morgan fingerprint density at radius 2 is 1.85 bits per heavy atom. The molecule has 1 N–H and O–H groups in total. The minimum absolute atomic E-state index is 0.140. The molecule has 2 aromatic carbocycles. The third kappa shape index (κ3) is 5.59. The fourth-order valence-corrected chi connectivity index (χ4v) is 4.46. The van der Waals surface area contributed by atoms with E-state index in [1.807, 2.05) is 43.3 Å². The average Bonchev–Trinajstić information content (AvgIpc) is 2.85. The Balaban J connectivity index is 1.42. The molecular formula is C27H29F2N3O2. The molecule has 1 amide bonds. The lowest BCUT2D eigenvalue weighted by molar-refractivity contribution is 0.0947. The number of carbonyl (C=O) groups is 1. The molecule has 1 aliphatic rings. The second kappa shape index (κ2) is 10.7. The fraction of sp³-hybridized carbons (Fsp3) is 0.333. The molecule has 0 spiro atoms. The van der Waals surface area contributed by atoms with Gasteiger partial charge < -0.3 is 10.1 Å². The maximum absolute atomic E-state index is 14.0. The predicted molar refractivity (Wildman–Crippen MR) is 127 cm³/mol. The van der Waals surface area contributed by atoms with Gasteiger partial charge in [-0.2, -0.15) is 0 Å². The number of ether oxygens (including phenoxy) is 1. The van der Waals surface area contributed by atoms with Crippen LogP contribution in [0.1, 0.15) is 51.6 Å². The van der Waals surface area contributed by atoms with Crippen molar-refractivity contribution < 1.29 is 18.3 Å². The zero-order valence-electron chi connectivity index (χ0n) is 19.5. The highest BCUT2D eigenvalue weighted by Gasteiger charge is 2.26. The van der Waals surface area contributed by atoms with Gasteiger partial charge in [0.2, 0.25) is 0 Å². The Bertz CT molecular complexity index is 1160. The average molecular weight is 466 g/mol. The van der Waals surface area contributed by atoms with Crippen molar-refractivity contribution in [1.29, 1.82) is 0 Å². The van der Waals surface area contributed by atoms with Crippen LogP contribution in [-0.4, -0.2) is 36.0 Å². The van der Waals surface area contributed by atoms with E-state index in [2.05, 4.69) is 10.2 Å². The van der Waals surface area contributed by atoms with Crippen LogP contribution in [0.15, 0.2) is 54.6 Å². The van der Waals surface area contributed by atoms with Crippen molar-refractivity contribution in [2.24, 2.45) is 0 Å². The van der Waals surface area contributed by atoms with Crippen LogP contribution in [0.2, 0.25) is 0 Å². The topological polar surface area (TPSA) is 54.5 Å². The Labute approximate surface area is 198 Å². The quantitative estimate of drug-likeness (QED) is 0.534. The van der Waals surface area contributed by atoms with Crippen LogP contribution in [0.25, 0.3) is 0 Å². The number of benzene rings is 2. The zero-order valence-corrected chi connectivity index (χ0v) is 19.5. The molecule has 0 saturated carbocycles. The largest absolute Gasteiger partial charge is 0.496 e. The number of nitrogens with one attached hydrogen (secondary N) is 1. The maximum atomic E-state index is 14.0. The number of amides is 1. The van der Waals surface area contributed by atoms with Gasteiger partial charge in [-0.25, -0.2) is 8.78 Å². The van der Waals surface area contributed by atoms with Gasteiger partial charge in [-0.15, -0.1) is 0 Å². The first-order chi connectivity index (χ1) is 16.4. The van der Waals surface area contributed by atoms with Gasteiger partial charge in [0.1, 0.15) is 17.4 Å². The van der Waals surface area contributed by atoms with E-state index in [0.29, 0.717) is 24.2 Å². The summed E-state index contributed by atoms with van der Waals surface area (Å²) in [5.74, 6) is -0.376. The van der Waals surface area contributed by atoms with Gasteiger partial charge in [0.25, 0.3) is 5.91 Å². The van der Waals surface area contributed by atoms with Crippen molar-refractivity contribution in [2.45, 2.75) is 38.8 Å². The number of aryl methyl sites for hydroxylation is 1. The summed E-state index contributed by atoms with van der Waals surface area (Å²) in [6.45, 7) is 4.22. The summed E-state index contributed by atoms with van der Waals surface area (Å²) < 4.78 is 32.6. The van der Waals surface area contributed by atoms with Gasteiger partial charge in [-0.3, -0.25) is 14.7 Å². The fourth-order valence-electron chi connectivity index (χ4n) is 4.46. The molecule has 0 radical (unpaired) electrons. The van der Waals surface area contributed by atoms with Crippen molar-refractivity contribution in [3.8, 4) is 5.75 Å². The molecule has 178 valence electrons. The van der Waals surface area contributed by atoms with Crippen molar-refractivity contribution in [1.82, 2.24) is 15.2 Å². The van der Waals surface area contributed by atoms with E-state index in [4.69, 9.17) is 9.72 Å². The Kier molecular flexibility index (Phi) is 7.53. The zero-order chi connectivity index (χ0) is 24.1.